The Morgan fingerprint density at radius 3 is 2.57 bits per heavy atom. The summed E-state index contributed by atoms with van der Waals surface area (Å²) in [6.07, 6.45) is 1.85. The van der Waals surface area contributed by atoms with E-state index in [4.69, 9.17) is 0 Å². The average molecular weight is 338 g/mol. The molecule has 120 valence electrons. The van der Waals surface area contributed by atoms with Crippen molar-refractivity contribution in [2.24, 2.45) is 0 Å². The van der Waals surface area contributed by atoms with Gasteiger partial charge in [-0.3, -0.25) is 0 Å². The van der Waals surface area contributed by atoms with E-state index in [0.29, 0.717) is 12.3 Å². The third-order valence-corrected chi connectivity index (χ3v) is 5.47. The van der Waals surface area contributed by atoms with Crippen molar-refractivity contribution in [1.82, 2.24) is 9.62 Å². The Morgan fingerprint density at radius 2 is 2.00 bits per heavy atom. The van der Waals surface area contributed by atoms with Crippen molar-refractivity contribution < 1.29 is 17.2 Å². The van der Waals surface area contributed by atoms with E-state index >= 15 is 0 Å². The van der Waals surface area contributed by atoms with Gasteiger partial charge in [0.1, 0.15) is 10.7 Å². The molecule has 8 heteroatoms. The van der Waals surface area contributed by atoms with Gasteiger partial charge in [0.05, 0.1) is 0 Å². The number of nitrogens with one attached hydrogen (secondary N) is 1. The Hall–Kier alpha value is -0.700. The zero-order valence-electron chi connectivity index (χ0n) is 12.3. The van der Waals surface area contributed by atoms with Crippen LogP contribution >= 0.6 is 11.8 Å². The van der Waals surface area contributed by atoms with Gasteiger partial charge >= 0.3 is 0 Å². The Kier molecular flexibility index (Phi) is 7.05. The molecule has 0 unspecified atom stereocenters. The zero-order chi connectivity index (χ0) is 16.0. The Labute approximate surface area is 129 Å². The molecule has 0 aliphatic heterocycles. The van der Waals surface area contributed by atoms with Gasteiger partial charge in [-0.25, -0.2) is 21.5 Å². The van der Waals surface area contributed by atoms with Crippen LogP contribution in [0, 0.1) is 11.6 Å². The summed E-state index contributed by atoms with van der Waals surface area (Å²) in [5.41, 5.74) is -0.254. The largest absolute Gasteiger partial charge is 0.313 e. The lowest BCUT2D eigenvalue weighted by molar-refractivity contribution is 0.472. The van der Waals surface area contributed by atoms with Gasteiger partial charge < -0.3 is 5.32 Å². The smallest absolute Gasteiger partial charge is 0.245 e. The summed E-state index contributed by atoms with van der Waals surface area (Å²) in [6.45, 7) is 2.55. The molecule has 1 aromatic rings. The molecule has 0 radical (unpaired) electrons. The van der Waals surface area contributed by atoms with Crippen molar-refractivity contribution in [1.29, 1.82) is 0 Å². The van der Waals surface area contributed by atoms with Crippen LogP contribution < -0.4 is 5.32 Å². The normalized spacial score (nSPS) is 12.1. The van der Waals surface area contributed by atoms with E-state index in [1.54, 1.807) is 6.92 Å². The summed E-state index contributed by atoms with van der Waals surface area (Å²) in [4.78, 5) is -0.486. The van der Waals surface area contributed by atoms with E-state index in [2.05, 4.69) is 5.32 Å². The Bertz CT molecular complexity index is 580. The number of nitrogens with zero attached hydrogens (tertiary/aromatic N) is 1. The van der Waals surface area contributed by atoms with Crippen molar-refractivity contribution in [3.05, 3.63) is 29.3 Å². The second-order valence-electron chi connectivity index (χ2n) is 4.44. The van der Waals surface area contributed by atoms with Gasteiger partial charge in [-0.15, -0.1) is 0 Å². The molecular formula is C13H20F2N2O2S2. The van der Waals surface area contributed by atoms with E-state index in [9.17, 15) is 17.2 Å². The van der Waals surface area contributed by atoms with Gasteiger partial charge in [-0.1, -0.05) is 6.92 Å². The van der Waals surface area contributed by atoms with Crippen molar-refractivity contribution in [2.75, 3.05) is 32.1 Å². The number of hydrogen-bond acceptors (Lipinski definition) is 4. The summed E-state index contributed by atoms with van der Waals surface area (Å²) >= 11 is 1.49. The summed E-state index contributed by atoms with van der Waals surface area (Å²) in [6, 6.07) is 1.97. The van der Waals surface area contributed by atoms with Gasteiger partial charge in [0, 0.05) is 31.5 Å². The van der Waals surface area contributed by atoms with Crippen LogP contribution in [-0.2, 0) is 16.6 Å². The molecule has 1 rings (SSSR count). The Balaban J connectivity index is 3.18. The van der Waals surface area contributed by atoms with E-state index < -0.39 is 26.6 Å². The highest BCUT2D eigenvalue weighted by atomic mass is 32.2. The molecule has 0 saturated heterocycles. The third-order valence-electron chi connectivity index (χ3n) is 3.00. The van der Waals surface area contributed by atoms with Crippen LogP contribution in [0.2, 0.25) is 0 Å². The first kappa shape index (κ1) is 18.3. The second kappa shape index (κ2) is 8.07. The molecule has 0 atom stereocenters. The van der Waals surface area contributed by atoms with Crippen molar-refractivity contribution >= 4 is 21.8 Å². The molecule has 0 aliphatic carbocycles. The molecule has 0 aliphatic rings. The van der Waals surface area contributed by atoms with Crippen molar-refractivity contribution in [3.63, 3.8) is 0 Å². The third kappa shape index (κ3) is 4.38. The van der Waals surface area contributed by atoms with Crippen LogP contribution in [0.15, 0.2) is 17.0 Å². The van der Waals surface area contributed by atoms with Gasteiger partial charge in [0.2, 0.25) is 10.0 Å². The fourth-order valence-corrected chi connectivity index (χ4v) is 3.52. The fraction of sp³-hybridized carbons (Fsp3) is 0.538. The quantitative estimate of drug-likeness (QED) is 0.788. The van der Waals surface area contributed by atoms with Crippen LogP contribution in [0.25, 0.3) is 0 Å². The minimum Gasteiger partial charge on any atom is -0.313 e. The minimum atomic E-state index is -3.96. The molecule has 0 bridgehead atoms. The zero-order valence-corrected chi connectivity index (χ0v) is 14.0. The maximum absolute atomic E-state index is 14.3. The summed E-state index contributed by atoms with van der Waals surface area (Å²) < 4.78 is 53.7. The van der Waals surface area contributed by atoms with E-state index in [1.807, 2.05) is 6.26 Å². The monoisotopic (exact) mass is 338 g/mol. The standard InChI is InChI=1S/C13H20F2N2O2S2/c1-4-16-9-10-11(14)5-6-12(13(10)15)21(18,19)17(2)7-8-20-3/h5-6,16H,4,7-9H2,1-3H3. The molecule has 4 nitrogen and oxygen atoms in total. The maximum Gasteiger partial charge on any atom is 0.245 e. The van der Waals surface area contributed by atoms with Gasteiger partial charge in [-0.05, 0) is 24.9 Å². The molecule has 0 aromatic heterocycles. The van der Waals surface area contributed by atoms with Crippen LogP contribution in [0.1, 0.15) is 12.5 Å². The average Bonchev–Trinajstić information content (AvgIpc) is 2.44. The highest BCUT2D eigenvalue weighted by Gasteiger charge is 2.27. The number of thioether (sulfide) groups is 1. The predicted molar refractivity (Wildman–Crippen MR) is 81.9 cm³/mol. The first-order valence-corrected chi connectivity index (χ1v) is 9.32. The number of hydrogen-bond donors (Lipinski definition) is 1. The van der Waals surface area contributed by atoms with Crippen molar-refractivity contribution in [3.8, 4) is 0 Å². The lowest BCUT2D eigenvalue weighted by Gasteiger charge is -2.18. The SMILES string of the molecule is CCNCc1c(F)ccc(S(=O)(=O)N(C)CCSC)c1F. The fourth-order valence-electron chi connectivity index (χ4n) is 1.70. The lowest BCUT2D eigenvalue weighted by Crippen LogP contribution is -2.30. The first-order valence-electron chi connectivity index (χ1n) is 6.49. The number of rotatable bonds is 8. The summed E-state index contributed by atoms with van der Waals surface area (Å²) in [5.74, 6) is -1.17. The first-order chi connectivity index (χ1) is 9.86. The van der Waals surface area contributed by atoms with Crippen LogP contribution in [0.4, 0.5) is 8.78 Å². The van der Waals surface area contributed by atoms with Crippen LogP contribution in [0.5, 0.6) is 0 Å². The molecule has 21 heavy (non-hydrogen) atoms. The molecule has 0 fully saturated rings. The minimum absolute atomic E-state index is 0.0496. The number of benzene rings is 1. The van der Waals surface area contributed by atoms with Crippen molar-refractivity contribution in [2.45, 2.75) is 18.4 Å². The molecule has 0 amide bonds. The van der Waals surface area contributed by atoms with Gasteiger partial charge in [0.25, 0.3) is 0 Å². The predicted octanol–water partition coefficient (Wildman–Crippen LogP) is 2.06. The Morgan fingerprint density at radius 1 is 1.33 bits per heavy atom. The maximum atomic E-state index is 14.3. The number of halogens is 2. The van der Waals surface area contributed by atoms with E-state index in [0.717, 1.165) is 16.4 Å². The second-order valence-corrected chi connectivity index (χ2v) is 7.44. The molecule has 1 aromatic carbocycles. The highest BCUT2D eigenvalue weighted by molar-refractivity contribution is 7.98. The molecule has 0 spiro atoms. The highest BCUT2D eigenvalue weighted by Crippen LogP contribution is 2.23. The van der Waals surface area contributed by atoms with Crippen LogP contribution in [-0.4, -0.2) is 44.9 Å². The molecule has 0 heterocycles. The van der Waals surface area contributed by atoms with E-state index in [1.165, 1.54) is 18.8 Å². The summed E-state index contributed by atoms with van der Waals surface area (Å²) in [5, 5.41) is 2.80. The van der Waals surface area contributed by atoms with Gasteiger partial charge in [-0.2, -0.15) is 11.8 Å². The lowest BCUT2D eigenvalue weighted by atomic mass is 10.2. The van der Waals surface area contributed by atoms with E-state index in [-0.39, 0.29) is 18.7 Å². The number of sulfonamides is 1. The van der Waals surface area contributed by atoms with Crippen LogP contribution in [0.3, 0.4) is 0 Å². The topological polar surface area (TPSA) is 49.4 Å². The van der Waals surface area contributed by atoms with Gasteiger partial charge in [0.15, 0.2) is 5.82 Å². The molecular weight excluding hydrogens is 318 g/mol. The molecule has 0 saturated carbocycles. The molecule has 1 N–H and O–H groups in total. The summed E-state index contributed by atoms with van der Waals surface area (Å²) in [7, 11) is -2.57.